The number of benzene rings is 5. The average Bonchev–Trinajstić information content (AvgIpc) is 3.67. The van der Waals surface area contributed by atoms with Crippen molar-refractivity contribution >= 4 is 22.7 Å². The van der Waals surface area contributed by atoms with Crippen LogP contribution in [0.15, 0.2) is 140 Å². The highest BCUT2D eigenvalue weighted by Gasteiger charge is 2.44. The quantitative estimate of drug-likeness (QED) is 0.117. The van der Waals surface area contributed by atoms with Crippen molar-refractivity contribution in [2.45, 2.75) is 30.4 Å². The second-order valence-electron chi connectivity index (χ2n) is 15.4. The van der Waals surface area contributed by atoms with Gasteiger partial charge in [-0.25, -0.2) is 0 Å². The first-order valence-electron chi connectivity index (χ1n) is 19.9. The fraction of sp³-hybridized carbons (Fsp3) is 0.277. The lowest BCUT2D eigenvalue weighted by molar-refractivity contribution is -0.143. The minimum Gasteiger partial charge on any atom is -0.361 e. The van der Waals surface area contributed by atoms with Crippen LogP contribution in [-0.2, 0) is 29.1 Å². The summed E-state index contributed by atoms with van der Waals surface area (Å²) >= 11 is 0. The van der Waals surface area contributed by atoms with E-state index in [9.17, 15) is 35.9 Å². The molecule has 2 fully saturated rings. The highest BCUT2D eigenvalue weighted by molar-refractivity contribution is 5.95. The maximum Gasteiger partial charge on any atom is 0.416 e. The Balaban J connectivity index is 1.03. The summed E-state index contributed by atoms with van der Waals surface area (Å²) in [6.45, 7) is 2.49. The van der Waals surface area contributed by atoms with Gasteiger partial charge in [-0.05, 0) is 52.9 Å². The van der Waals surface area contributed by atoms with E-state index in [0.717, 1.165) is 33.2 Å². The van der Waals surface area contributed by atoms with E-state index in [-0.39, 0.29) is 44.6 Å². The van der Waals surface area contributed by atoms with Crippen molar-refractivity contribution < 1.29 is 35.9 Å². The molecular weight excluding hydrogens is 781 g/mol. The van der Waals surface area contributed by atoms with Crippen LogP contribution in [0.2, 0.25) is 0 Å². The van der Waals surface area contributed by atoms with Crippen LogP contribution in [0.3, 0.4) is 0 Å². The first-order valence-corrected chi connectivity index (χ1v) is 19.9. The topological polar surface area (TPSA) is 62.9 Å². The van der Waals surface area contributed by atoms with Crippen LogP contribution in [0.1, 0.15) is 43.7 Å². The molecule has 8 rings (SSSR count). The molecule has 0 radical (unpaired) electrons. The van der Waals surface area contributed by atoms with Crippen molar-refractivity contribution in [2.24, 2.45) is 0 Å². The molecule has 0 saturated carbocycles. The van der Waals surface area contributed by atoms with Crippen molar-refractivity contribution in [2.75, 3.05) is 52.4 Å². The Morgan fingerprint density at radius 1 is 0.600 bits per heavy atom. The summed E-state index contributed by atoms with van der Waals surface area (Å²) in [7, 11) is 0. The predicted molar refractivity (Wildman–Crippen MR) is 217 cm³/mol. The van der Waals surface area contributed by atoms with Gasteiger partial charge < -0.3 is 14.8 Å². The Bertz CT molecular complexity index is 2300. The summed E-state index contributed by atoms with van der Waals surface area (Å²) in [5, 5.41) is 0.881. The zero-order valence-electron chi connectivity index (χ0n) is 32.6. The normalized spacial score (nSPS) is 17.3. The zero-order valence-corrected chi connectivity index (χ0v) is 32.6. The maximum atomic E-state index is 14.1. The number of nitrogens with zero attached hydrogens (tertiary/aromatic N) is 4. The highest BCUT2D eigenvalue weighted by atomic mass is 19.4. The van der Waals surface area contributed by atoms with E-state index in [2.05, 4.69) is 46.3 Å². The van der Waals surface area contributed by atoms with E-state index in [1.165, 1.54) is 4.90 Å². The molecule has 6 aromatic rings. The first-order chi connectivity index (χ1) is 28.8. The third-order valence-electron chi connectivity index (χ3n) is 11.8. The van der Waals surface area contributed by atoms with Gasteiger partial charge in [0.2, 0.25) is 5.91 Å². The number of alkyl halides is 6. The standard InChI is InChI=1S/C47H43F6N5O2/c48-46(49,50)38-26-33(27-39(29-38)47(51,52)53)44(60)58-25-20-55(31-40(58)28-34-30-54-42-19-11-10-18-41(34)42)32-43(59)56-21-23-57(24-22-56)45(35-12-4-1-5-13-35,36-14-6-2-7-15-36)37-16-8-3-9-17-37/h1-19,26-27,29-30,40,54H,20-25,28,31-32H2. The number of nitrogens with one attached hydrogen (secondary N) is 1. The van der Waals surface area contributed by atoms with Crippen LogP contribution in [0.4, 0.5) is 26.3 Å². The highest BCUT2D eigenvalue weighted by Crippen LogP contribution is 2.43. The molecule has 310 valence electrons. The number of aromatic amines is 1. The van der Waals surface area contributed by atoms with Gasteiger partial charge in [0.25, 0.3) is 5.91 Å². The molecular formula is C47H43F6N5O2. The number of H-pyrrole nitrogens is 1. The van der Waals surface area contributed by atoms with Gasteiger partial charge in [-0.15, -0.1) is 0 Å². The van der Waals surface area contributed by atoms with E-state index < -0.39 is 46.5 Å². The SMILES string of the molecule is O=C(CN1CCN(C(=O)c2cc(C(F)(F)F)cc(C(F)(F)F)c2)C(Cc2c[nH]c3ccccc23)C1)N1CCN(C(c2ccccc2)(c2ccccc2)c2ccccc2)CC1. The molecule has 60 heavy (non-hydrogen) atoms. The minimum absolute atomic E-state index is 0.00173. The van der Waals surface area contributed by atoms with Crippen molar-refractivity contribution in [3.8, 4) is 0 Å². The monoisotopic (exact) mass is 823 g/mol. The molecule has 1 aromatic heterocycles. The Labute approximate surface area is 343 Å². The zero-order chi connectivity index (χ0) is 42.1. The predicted octanol–water partition coefficient (Wildman–Crippen LogP) is 8.71. The minimum atomic E-state index is -5.10. The van der Waals surface area contributed by atoms with Gasteiger partial charge in [-0.1, -0.05) is 109 Å². The molecule has 0 aliphatic carbocycles. The van der Waals surface area contributed by atoms with Gasteiger partial charge in [-0.3, -0.25) is 19.4 Å². The number of hydrogen-bond donors (Lipinski definition) is 1. The van der Waals surface area contributed by atoms with Crippen LogP contribution in [-0.4, -0.2) is 94.8 Å². The van der Waals surface area contributed by atoms with Crippen molar-refractivity contribution in [3.63, 3.8) is 0 Å². The van der Waals surface area contributed by atoms with E-state index in [1.807, 2.05) is 88.7 Å². The van der Waals surface area contributed by atoms with Crippen LogP contribution in [0, 0.1) is 0 Å². The van der Waals surface area contributed by atoms with Crippen LogP contribution < -0.4 is 0 Å². The number of rotatable bonds is 9. The first kappa shape index (κ1) is 40.8. The summed E-state index contributed by atoms with van der Waals surface area (Å²) in [4.78, 5) is 38.9. The number of para-hydroxylation sites is 1. The molecule has 13 heteroatoms. The van der Waals surface area contributed by atoms with E-state index in [4.69, 9.17) is 0 Å². The Morgan fingerprint density at radius 2 is 1.12 bits per heavy atom. The average molecular weight is 824 g/mol. The molecule has 5 aromatic carbocycles. The number of fused-ring (bicyclic) bond motifs is 1. The molecule has 1 N–H and O–H groups in total. The Morgan fingerprint density at radius 3 is 1.65 bits per heavy atom. The lowest BCUT2D eigenvalue weighted by Crippen LogP contribution is -2.60. The van der Waals surface area contributed by atoms with Gasteiger partial charge in [0.05, 0.1) is 23.2 Å². The summed E-state index contributed by atoms with van der Waals surface area (Å²) in [6.07, 6.45) is -8.15. The number of aromatic nitrogens is 1. The molecule has 1 atom stereocenters. The van der Waals surface area contributed by atoms with Gasteiger partial charge >= 0.3 is 12.4 Å². The molecule has 3 heterocycles. The fourth-order valence-corrected chi connectivity index (χ4v) is 8.97. The number of hydrogen-bond acceptors (Lipinski definition) is 4. The smallest absolute Gasteiger partial charge is 0.361 e. The van der Waals surface area contributed by atoms with E-state index >= 15 is 0 Å². The van der Waals surface area contributed by atoms with Crippen molar-refractivity contribution in [1.29, 1.82) is 0 Å². The van der Waals surface area contributed by atoms with Crippen molar-refractivity contribution in [3.05, 3.63) is 179 Å². The Kier molecular flexibility index (Phi) is 11.3. The lowest BCUT2D eigenvalue weighted by atomic mass is 9.75. The largest absolute Gasteiger partial charge is 0.416 e. The molecule has 2 amide bonds. The number of carbonyl (C=O) groups excluding carboxylic acids is 2. The molecule has 1 unspecified atom stereocenters. The number of piperazine rings is 2. The van der Waals surface area contributed by atoms with Crippen LogP contribution in [0.25, 0.3) is 10.9 Å². The summed E-state index contributed by atoms with van der Waals surface area (Å²) in [6, 6.07) is 38.9. The fourth-order valence-electron chi connectivity index (χ4n) is 8.97. The van der Waals surface area contributed by atoms with Gasteiger partial charge in [0, 0.05) is 74.5 Å². The third kappa shape index (κ3) is 8.16. The summed E-state index contributed by atoms with van der Waals surface area (Å²) < 4.78 is 82.9. The summed E-state index contributed by atoms with van der Waals surface area (Å²) in [5.41, 5.74) is 0.575. The molecule has 2 saturated heterocycles. The molecule has 0 bridgehead atoms. The second-order valence-corrected chi connectivity index (χ2v) is 15.4. The van der Waals surface area contributed by atoms with Gasteiger partial charge in [-0.2, -0.15) is 26.3 Å². The third-order valence-corrected chi connectivity index (χ3v) is 11.8. The van der Waals surface area contributed by atoms with Crippen LogP contribution in [0.5, 0.6) is 0 Å². The number of halogens is 6. The van der Waals surface area contributed by atoms with Gasteiger partial charge in [0.1, 0.15) is 0 Å². The van der Waals surface area contributed by atoms with Crippen LogP contribution >= 0.6 is 0 Å². The molecule has 7 nitrogen and oxygen atoms in total. The molecule has 2 aliphatic rings. The summed E-state index contributed by atoms with van der Waals surface area (Å²) in [5.74, 6) is -1.03. The van der Waals surface area contributed by atoms with E-state index in [1.54, 1.807) is 6.20 Å². The van der Waals surface area contributed by atoms with Gasteiger partial charge in [0.15, 0.2) is 0 Å². The molecule has 0 spiro atoms. The van der Waals surface area contributed by atoms with Crippen molar-refractivity contribution in [1.82, 2.24) is 24.6 Å². The lowest BCUT2D eigenvalue weighted by Gasteiger charge is -2.49. The molecule has 2 aliphatic heterocycles. The van der Waals surface area contributed by atoms with E-state index in [0.29, 0.717) is 38.3 Å². The number of carbonyl (C=O) groups is 2. The number of amides is 2. The maximum absolute atomic E-state index is 14.1. The second kappa shape index (κ2) is 16.6. The Hall–Kier alpha value is -5.92.